The Morgan fingerprint density at radius 1 is 1.40 bits per heavy atom. The lowest BCUT2D eigenvalue weighted by molar-refractivity contribution is -0.131. The summed E-state index contributed by atoms with van der Waals surface area (Å²) < 4.78 is 0. The van der Waals surface area contributed by atoms with Crippen molar-refractivity contribution in [1.82, 2.24) is 10.2 Å². The molecule has 0 bridgehead atoms. The van der Waals surface area contributed by atoms with Crippen molar-refractivity contribution in [2.75, 3.05) is 19.6 Å². The first-order valence-corrected chi connectivity index (χ1v) is 7.43. The summed E-state index contributed by atoms with van der Waals surface area (Å²) in [5.41, 5.74) is 1.17. The number of carbonyl (C=O) groups excluding carboxylic acids is 1. The van der Waals surface area contributed by atoms with Crippen LogP contribution in [-0.2, 0) is 11.3 Å². The van der Waals surface area contributed by atoms with Gasteiger partial charge in [0.05, 0.1) is 0 Å². The van der Waals surface area contributed by atoms with Gasteiger partial charge in [0.2, 0.25) is 5.91 Å². The van der Waals surface area contributed by atoms with Gasteiger partial charge >= 0.3 is 0 Å². The molecule has 0 saturated carbocycles. The minimum absolute atomic E-state index is 0.237. The molecular formula is C17H24N2O. The highest BCUT2D eigenvalue weighted by Gasteiger charge is 2.18. The van der Waals surface area contributed by atoms with Crippen molar-refractivity contribution in [1.29, 1.82) is 0 Å². The molecule has 2 rings (SSSR count). The van der Waals surface area contributed by atoms with Crippen molar-refractivity contribution < 1.29 is 4.79 Å². The standard InChI is InChI=1S/C17H24N2O/c1-2-12-19(14-16-6-4-3-5-7-16)17(20)9-8-15-10-11-18-13-15/h2-7,15,18H,1,8-14H2. The molecule has 1 unspecified atom stereocenters. The number of benzene rings is 1. The van der Waals surface area contributed by atoms with Gasteiger partial charge in [0, 0.05) is 19.5 Å². The number of amides is 1. The molecule has 1 heterocycles. The summed E-state index contributed by atoms with van der Waals surface area (Å²) in [5.74, 6) is 0.905. The van der Waals surface area contributed by atoms with Crippen LogP contribution in [0.25, 0.3) is 0 Å². The van der Waals surface area contributed by atoms with Gasteiger partial charge in [0.15, 0.2) is 0 Å². The molecule has 3 nitrogen and oxygen atoms in total. The summed E-state index contributed by atoms with van der Waals surface area (Å²) in [4.78, 5) is 14.2. The van der Waals surface area contributed by atoms with Crippen LogP contribution in [0.4, 0.5) is 0 Å². The van der Waals surface area contributed by atoms with E-state index in [2.05, 4.69) is 24.0 Å². The van der Waals surface area contributed by atoms with Crippen molar-refractivity contribution >= 4 is 5.91 Å². The minimum atomic E-state index is 0.237. The Balaban J connectivity index is 1.86. The van der Waals surface area contributed by atoms with Gasteiger partial charge in [0.25, 0.3) is 0 Å². The van der Waals surface area contributed by atoms with E-state index in [1.165, 1.54) is 12.0 Å². The highest BCUT2D eigenvalue weighted by molar-refractivity contribution is 5.76. The van der Waals surface area contributed by atoms with Crippen molar-refractivity contribution in [3.63, 3.8) is 0 Å². The molecule has 108 valence electrons. The molecule has 1 aliphatic rings. The van der Waals surface area contributed by atoms with Crippen molar-refractivity contribution in [3.05, 3.63) is 48.6 Å². The monoisotopic (exact) mass is 272 g/mol. The number of carbonyl (C=O) groups is 1. The highest BCUT2D eigenvalue weighted by Crippen LogP contribution is 2.16. The lowest BCUT2D eigenvalue weighted by Gasteiger charge is -2.22. The molecular weight excluding hydrogens is 248 g/mol. The van der Waals surface area contributed by atoms with Crippen LogP contribution in [0.2, 0.25) is 0 Å². The van der Waals surface area contributed by atoms with Gasteiger partial charge in [-0.05, 0) is 37.4 Å². The van der Waals surface area contributed by atoms with Crippen molar-refractivity contribution in [2.24, 2.45) is 5.92 Å². The molecule has 1 aromatic rings. The third-order valence-electron chi connectivity index (χ3n) is 3.85. The van der Waals surface area contributed by atoms with Crippen LogP contribution in [0.5, 0.6) is 0 Å². The minimum Gasteiger partial charge on any atom is -0.335 e. The summed E-state index contributed by atoms with van der Waals surface area (Å²) in [5, 5.41) is 3.35. The Kier molecular flexibility index (Phi) is 5.81. The summed E-state index contributed by atoms with van der Waals surface area (Å²) >= 11 is 0. The Labute approximate surface area is 121 Å². The fourth-order valence-electron chi connectivity index (χ4n) is 2.66. The van der Waals surface area contributed by atoms with Gasteiger partial charge in [-0.25, -0.2) is 0 Å². The molecule has 3 heteroatoms. The Morgan fingerprint density at radius 3 is 2.85 bits per heavy atom. The summed E-state index contributed by atoms with van der Waals surface area (Å²) in [6, 6.07) is 10.1. The smallest absolute Gasteiger partial charge is 0.223 e. The first-order valence-electron chi connectivity index (χ1n) is 7.43. The lowest BCUT2D eigenvalue weighted by Crippen LogP contribution is -2.31. The first kappa shape index (κ1) is 14.8. The molecule has 0 spiro atoms. The van der Waals surface area contributed by atoms with Gasteiger partial charge in [-0.2, -0.15) is 0 Å². The molecule has 1 fully saturated rings. The number of hydrogen-bond donors (Lipinski definition) is 1. The zero-order valence-corrected chi connectivity index (χ0v) is 12.1. The van der Waals surface area contributed by atoms with Crippen LogP contribution in [0.15, 0.2) is 43.0 Å². The topological polar surface area (TPSA) is 32.3 Å². The molecule has 1 aliphatic heterocycles. The van der Waals surface area contributed by atoms with Crippen LogP contribution in [0.1, 0.15) is 24.8 Å². The molecule has 20 heavy (non-hydrogen) atoms. The number of rotatable bonds is 7. The summed E-state index contributed by atoms with van der Waals surface area (Å²) in [6.07, 6.45) is 4.65. The van der Waals surface area contributed by atoms with E-state index < -0.39 is 0 Å². The van der Waals surface area contributed by atoms with Gasteiger partial charge in [-0.15, -0.1) is 6.58 Å². The van der Waals surface area contributed by atoms with Crippen LogP contribution < -0.4 is 5.32 Å². The Hall–Kier alpha value is -1.61. The zero-order chi connectivity index (χ0) is 14.2. The van der Waals surface area contributed by atoms with Gasteiger partial charge in [0.1, 0.15) is 0 Å². The number of nitrogens with one attached hydrogen (secondary N) is 1. The average Bonchev–Trinajstić information content (AvgIpc) is 2.99. The fraction of sp³-hybridized carbons (Fsp3) is 0.471. The third-order valence-corrected chi connectivity index (χ3v) is 3.85. The van der Waals surface area contributed by atoms with Crippen LogP contribution in [0, 0.1) is 5.92 Å². The van der Waals surface area contributed by atoms with E-state index in [9.17, 15) is 4.79 Å². The van der Waals surface area contributed by atoms with Crippen LogP contribution in [0.3, 0.4) is 0 Å². The quantitative estimate of drug-likeness (QED) is 0.774. The van der Waals surface area contributed by atoms with Gasteiger partial charge < -0.3 is 10.2 Å². The van der Waals surface area contributed by atoms with E-state index in [4.69, 9.17) is 0 Å². The fourth-order valence-corrected chi connectivity index (χ4v) is 2.66. The summed E-state index contributed by atoms with van der Waals surface area (Å²) in [7, 11) is 0. The van der Waals surface area contributed by atoms with E-state index in [-0.39, 0.29) is 5.91 Å². The molecule has 1 saturated heterocycles. The predicted molar refractivity (Wildman–Crippen MR) is 82.3 cm³/mol. The second-order valence-corrected chi connectivity index (χ2v) is 5.45. The number of nitrogens with zero attached hydrogens (tertiary/aromatic N) is 1. The van der Waals surface area contributed by atoms with E-state index in [1.54, 1.807) is 6.08 Å². The Bertz CT molecular complexity index is 424. The predicted octanol–water partition coefficient (Wildman–Crippen LogP) is 2.59. The zero-order valence-electron chi connectivity index (χ0n) is 12.1. The average molecular weight is 272 g/mol. The Morgan fingerprint density at radius 2 is 2.20 bits per heavy atom. The lowest BCUT2D eigenvalue weighted by atomic mass is 10.0. The largest absolute Gasteiger partial charge is 0.335 e. The van der Waals surface area contributed by atoms with Crippen molar-refractivity contribution in [2.45, 2.75) is 25.8 Å². The number of hydrogen-bond acceptors (Lipinski definition) is 2. The second-order valence-electron chi connectivity index (χ2n) is 5.45. The molecule has 0 aromatic heterocycles. The van der Waals surface area contributed by atoms with E-state index in [0.29, 0.717) is 25.4 Å². The SMILES string of the molecule is C=CCN(Cc1ccccc1)C(=O)CCC1CCNC1. The second kappa shape index (κ2) is 7.85. The maximum atomic E-state index is 12.4. The molecule has 0 radical (unpaired) electrons. The van der Waals surface area contributed by atoms with Crippen molar-refractivity contribution in [3.8, 4) is 0 Å². The normalized spacial score (nSPS) is 17.9. The molecule has 0 aliphatic carbocycles. The molecule has 1 aromatic carbocycles. The third kappa shape index (κ3) is 4.49. The van der Waals surface area contributed by atoms with E-state index in [0.717, 1.165) is 19.5 Å². The highest BCUT2D eigenvalue weighted by atomic mass is 16.2. The van der Waals surface area contributed by atoms with E-state index >= 15 is 0 Å². The summed E-state index contributed by atoms with van der Waals surface area (Å²) in [6.45, 7) is 7.21. The van der Waals surface area contributed by atoms with Crippen LogP contribution in [-0.4, -0.2) is 30.4 Å². The molecule has 1 atom stereocenters. The maximum absolute atomic E-state index is 12.4. The first-order chi connectivity index (χ1) is 9.79. The molecule has 1 N–H and O–H groups in total. The van der Waals surface area contributed by atoms with Gasteiger partial charge in [-0.3, -0.25) is 4.79 Å². The van der Waals surface area contributed by atoms with Gasteiger partial charge in [-0.1, -0.05) is 36.4 Å². The van der Waals surface area contributed by atoms with Crippen LogP contribution >= 0.6 is 0 Å². The maximum Gasteiger partial charge on any atom is 0.223 e. The molecule has 1 amide bonds. The van der Waals surface area contributed by atoms with E-state index in [1.807, 2.05) is 23.1 Å².